The summed E-state index contributed by atoms with van der Waals surface area (Å²) in [5, 5.41) is 9.70. The molecule has 4 heterocycles. The number of aryl methyl sites for hydroxylation is 1. The number of anilines is 2. The van der Waals surface area contributed by atoms with Crippen molar-refractivity contribution in [3.63, 3.8) is 0 Å². The molecule has 0 radical (unpaired) electrons. The van der Waals surface area contributed by atoms with E-state index < -0.39 is 0 Å². The van der Waals surface area contributed by atoms with E-state index in [9.17, 15) is 4.79 Å². The highest BCUT2D eigenvalue weighted by molar-refractivity contribution is 5.76. The molecule has 3 aliphatic rings. The highest BCUT2D eigenvalue weighted by atomic mass is 16.2. The molecule has 6 rings (SSSR count). The van der Waals surface area contributed by atoms with Crippen LogP contribution in [0.15, 0.2) is 30.6 Å². The summed E-state index contributed by atoms with van der Waals surface area (Å²) in [5.41, 5.74) is 7.64. The number of carbonyl (C=O) groups excluding carboxylic acids is 1. The van der Waals surface area contributed by atoms with Crippen LogP contribution in [0.3, 0.4) is 0 Å². The zero-order valence-corrected chi connectivity index (χ0v) is 21.2. The number of hydrogen-bond donors (Lipinski definition) is 0. The summed E-state index contributed by atoms with van der Waals surface area (Å²) >= 11 is 0. The van der Waals surface area contributed by atoms with Gasteiger partial charge in [0.15, 0.2) is 5.82 Å². The van der Waals surface area contributed by atoms with Crippen molar-refractivity contribution in [3.05, 3.63) is 47.4 Å². The normalized spacial score (nSPS) is 20.3. The molecule has 0 N–H and O–H groups in total. The first-order valence-electron chi connectivity index (χ1n) is 13.3. The van der Waals surface area contributed by atoms with Gasteiger partial charge >= 0.3 is 0 Å². The first kappa shape index (κ1) is 22.4. The Morgan fingerprint density at radius 1 is 1.17 bits per heavy atom. The molecule has 1 aromatic carbocycles. The van der Waals surface area contributed by atoms with Crippen molar-refractivity contribution in [1.29, 1.82) is 0 Å². The number of benzene rings is 1. The summed E-state index contributed by atoms with van der Waals surface area (Å²) in [7, 11) is 1.96. The predicted octanol–water partition coefficient (Wildman–Crippen LogP) is 5.02. The number of hydrogen-bond acceptors (Lipinski definition) is 4. The lowest BCUT2D eigenvalue weighted by molar-refractivity contribution is -0.129. The van der Waals surface area contributed by atoms with Crippen LogP contribution in [-0.2, 0) is 31.2 Å². The Hall–Kier alpha value is -3.09. The van der Waals surface area contributed by atoms with E-state index in [0.717, 1.165) is 43.7 Å². The van der Waals surface area contributed by atoms with Crippen LogP contribution in [0.5, 0.6) is 0 Å². The highest BCUT2D eigenvalue weighted by Gasteiger charge is 2.35. The molecule has 2 aliphatic heterocycles. The van der Waals surface area contributed by atoms with E-state index in [0.29, 0.717) is 18.5 Å². The number of rotatable bonds is 4. The second-order valence-electron chi connectivity index (χ2n) is 10.7. The van der Waals surface area contributed by atoms with E-state index in [1.54, 1.807) is 6.92 Å². The molecule has 35 heavy (non-hydrogen) atoms. The van der Waals surface area contributed by atoms with E-state index >= 15 is 0 Å². The van der Waals surface area contributed by atoms with Crippen molar-refractivity contribution in [1.82, 2.24) is 24.5 Å². The van der Waals surface area contributed by atoms with Crippen LogP contribution in [0.4, 0.5) is 11.5 Å². The summed E-state index contributed by atoms with van der Waals surface area (Å²) in [6.07, 6.45) is 12.1. The number of fused-ring (bicyclic) bond motifs is 2. The standard InChI is InChI=1S/C28H36N6O/c1-4-20-13-22-14-21(23-15-29-31(3)17-23)9-10-26(22)33(16-20)28-25-18-32(19(2)35)12-11-27(25)34(30-28)24-7-5-6-8-24/h9-10,14-15,17,20,24H,4-8,11-13,16,18H2,1-3H3. The molecule has 184 valence electrons. The van der Waals surface area contributed by atoms with Crippen LogP contribution in [-0.4, -0.2) is 43.5 Å². The minimum atomic E-state index is 0.154. The average Bonchev–Trinajstić information content (AvgIpc) is 3.62. The molecule has 0 bridgehead atoms. The van der Waals surface area contributed by atoms with E-state index in [1.807, 2.05) is 22.8 Å². The van der Waals surface area contributed by atoms with Crippen LogP contribution in [0.2, 0.25) is 0 Å². The van der Waals surface area contributed by atoms with Gasteiger partial charge in [0.2, 0.25) is 5.91 Å². The van der Waals surface area contributed by atoms with Crippen LogP contribution in [0.1, 0.15) is 68.8 Å². The minimum absolute atomic E-state index is 0.154. The van der Waals surface area contributed by atoms with Crippen LogP contribution in [0.25, 0.3) is 11.1 Å². The molecule has 1 fully saturated rings. The lowest BCUT2D eigenvalue weighted by Gasteiger charge is -2.36. The van der Waals surface area contributed by atoms with E-state index in [1.165, 1.54) is 53.8 Å². The van der Waals surface area contributed by atoms with Gasteiger partial charge in [-0.2, -0.15) is 10.2 Å². The second kappa shape index (κ2) is 8.85. The van der Waals surface area contributed by atoms with E-state index in [2.05, 4.69) is 46.0 Å². The van der Waals surface area contributed by atoms with Crippen LogP contribution < -0.4 is 4.90 Å². The molecule has 0 spiro atoms. The van der Waals surface area contributed by atoms with E-state index in [-0.39, 0.29) is 5.91 Å². The van der Waals surface area contributed by atoms with Crippen molar-refractivity contribution in [2.24, 2.45) is 13.0 Å². The molecule has 7 nitrogen and oxygen atoms in total. The Labute approximate surface area is 207 Å². The fourth-order valence-electron chi connectivity index (χ4n) is 6.33. The highest BCUT2D eigenvalue weighted by Crippen LogP contribution is 2.42. The number of aromatic nitrogens is 4. The fraction of sp³-hybridized carbons (Fsp3) is 0.536. The Kier molecular flexibility index (Phi) is 5.66. The molecule has 1 aliphatic carbocycles. The number of amides is 1. The second-order valence-corrected chi connectivity index (χ2v) is 10.7. The smallest absolute Gasteiger partial charge is 0.219 e. The average molecular weight is 473 g/mol. The molecular weight excluding hydrogens is 436 g/mol. The lowest BCUT2D eigenvalue weighted by Crippen LogP contribution is -2.36. The Morgan fingerprint density at radius 2 is 2.00 bits per heavy atom. The molecule has 1 saturated carbocycles. The molecule has 7 heteroatoms. The molecule has 1 atom stereocenters. The monoisotopic (exact) mass is 472 g/mol. The van der Waals surface area contributed by atoms with Gasteiger partial charge in [-0.15, -0.1) is 0 Å². The third kappa shape index (κ3) is 3.95. The maximum absolute atomic E-state index is 12.3. The lowest BCUT2D eigenvalue weighted by atomic mass is 9.88. The Balaban J connectivity index is 1.45. The number of carbonyl (C=O) groups is 1. The maximum Gasteiger partial charge on any atom is 0.219 e. The first-order valence-corrected chi connectivity index (χ1v) is 13.3. The molecule has 1 unspecified atom stereocenters. The minimum Gasteiger partial charge on any atom is -0.338 e. The van der Waals surface area contributed by atoms with Gasteiger partial charge in [0.1, 0.15) is 0 Å². The van der Waals surface area contributed by atoms with Gasteiger partial charge in [0.25, 0.3) is 0 Å². The van der Waals surface area contributed by atoms with Gasteiger partial charge < -0.3 is 9.80 Å². The van der Waals surface area contributed by atoms with Crippen LogP contribution in [0, 0.1) is 5.92 Å². The van der Waals surface area contributed by atoms with Crippen molar-refractivity contribution < 1.29 is 4.79 Å². The summed E-state index contributed by atoms with van der Waals surface area (Å²) in [6, 6.07) is 7.34. The molecule has 0 saturated heterocycles. The van der Waals surface area contributed by atoms with E-state index in [4.69, 9.17) is 5.10 Å². The Morgan fingerprint density at radius 3 is 2.71 bits per heavy atom. The van der Waals surface area contributed by atoms with Crippen molar-refractivity contribution in [3.8, 4) is 11.1 Å². The van der Waals surface area contributed by atoms with Crippen LogP contribution >= 0.6 is 0 Å². The quantitative estimate of drug-likeness (QED) is 0.535. The summed E-state index contributed by atoms with van der Waals surface area (Å²) in [6.45, 7) is 6.42. The Bertz CT molecular complexity index is 1250. The topological polar surface area (TPSA) is 59.2 Å². The van der Waals surface area contributed by atoms with Crippen molar-refractivity contribution >= 4 is 17.4 Å². The van der Waals surface area contributed by atoms with Crippen molar-refractivity contribution in [2.45, 2.75) is 71.4 Å². The zero-order valence-electron chi connectivity index (χ0n) is 21.2. The largest absolute Gasteiger partial charge is 0.338 e. The van der Waals surface area contributed by atoms with Gasteiger partial charge in [-0.3, -0.25) is 14.2 Å². The molecular formula is C28H36N6O. The molecule has 1 amide bonds. The summed E-state index contributed by atoms with van der Waals surface area (Å²) in [4.78, 5) is 16.8. The zero-order chi connectivity index (χ0) is 24.1. The van der Waals surface area contributed by atoms with Crippen molar-refractivity contribution in [2.75, 3.05) is 18.0 Å². The fourth-order valence-corrected chi connectivity index (χ4v) is 6.33. The maximum atomic E-state index is 12.3. The van der Waals surface area contributed by atoms with Gasteiger partial charge in [0, 0.05) is 62.2 Å². The molecule has 3 aromatic rings. The molecule has 2 aromatic heterocycles. The first-order chi connectivity index (χ1) is 17.0. The summed E-state index contributed by atoms with van der Waals surface area (Å²) < 4.78 is 4.22. The third-order valence-electron chi connectivity index (χ3n) is 8.37. The number of nitrogens with zero attached hydrogens (tertiary/aromatic N) is 6. The van der Waals surface area contributed by atoms with Gasteiger partial charge in [-0.1, -0.05) is 32.3 Å². The SMILES string of the molecule is CCC1Cc2cc(-c3cnn(C)c3)ccc2N(c2nn(C3CCCC3)c3c2CN(C(C)=O)CC3)C1. The predicted molar refractivity (Wildman–Crippen MR) is 138 cm³/mol. The third-order valence-corrected chi connectivity index (χ3v) is 8.37. The van der Waals surface area contributed by atoms with Gasteiger partial charge in [-0.05, 0) is 48.4 Å². The van der Waals surface area contributed by atoms with Gasteiger partial charge in [0.05, 0.1) is 18.8 Å². The summed E-state index contributed by atoms with van der Waals surface area (Å²) in [5.74, 6) is 1.81. The van der Waals surface area contributed by atoms with Gasteiger partial charge in [-0.25, -0.2) is 0 Å².